The first-order valence-corrected chi connectivity index (χ1v) is 35.2. The van der Waals surface area contributed by atoms with Gasteiger partial charge in [-0.05, 0) is 95.3 Å². The van der Waals surface area contributed by atoms with Crippen LogP contribution in [0.25, 0.3) is 188 Å². The monoisotopic (exact) mass is 1320 g/mol. The van der Waals surface area contributed by atoms with Crippen molar-refractivity contribution >= 4 is 86.6 Å². The smallest absolute Gasteiger partial charge is 0.161 e. The predicted molar refractivity (Wildman–Crippen MR) is 435 cm³/mol. The van der Waals surface area contributed by atoms with E-state index in [1.807, 2.05) is 36.4 Å². The van der Waals surface area contributed by atoms with Crippen molar-refractivity contribution < 1.29 is 0 Å². The lowest BCUT2D eigenvalue weighted by Gasteiger charge is -2.15. The van der Waals surface area contributed by atoms with Crippen molar-refractivity contribution in [1.82, 2.24) is 29.9 Å². The van der Waals surface area contributed by atoms with Gasteiger partial charge in [0.1, 0.15) is 0 Å². The van der Waals surface area contributed by atoms with E-state index in [1.165, 1.54) is 65.7 Å². The number of hydrogen-bond donors (Lipinski definition) is 0. The zero-order chi connectivity index (χ0) is 69.1. The van der Waals surface area contributed by atoms with Gasteiger partial charge >= 0.3 is 0 Å². The molecule has 0 spiro atoms. The quantitative estimate of drug-likeness (QED) is 0.134. The Labute approximate surface area is 602 Å². The summed E-state index contributed by atoms with van der Waals surface area (Å²) in [4.78, 5) is 31.0. The van der Waals surface area contributed by atoms with Crippen molar-refractivity contribution in [2.24, 2.45) is 0 Å². The highest BCUT2D eigenvalue weighted by atomic mass is 14.9. The van der Waals surface area contributed by atoms with Crippen LogP contribution in [0.5, 0.6) is 0 Å². The van der Waals surface area contributed by atoms with E-state index in [4.69, 9.17) is 29.9 Å². The molecule has 0 aliphatic heterocycles. The molecule has 0 aliphatic carbocycles. The second-order valence-electron chi connectivity index (χ2n) is 25.9. The summed E-state index contributed by atoms with van der Waals surface area (Å²) in [6.45, 7) is 0. The Morgan fingerprint density at radius 1 is 0.135 bits per heavy atom. The molecular weight excluding hydrogens is 1260 g/mol. The fourth-order valence-corrected chi connectivity index (χ4v) is 14.6. The fourth-order valence-electron chi connectivity index (χ4n) is 14.6. The molecule has 0 fully saturated rings. The van der Waals surface area contributed by atoms with Crippen LogP contribution in [0.2, 0.25) is 0 Å². The van der Waals surface area contributed by atoms with Crippen LogP contribution < -0.4 is 0 Å². The molecule has 486 valence electrons. The normalized spacial score (nSPS) is 11.3. The maximum absolute atomic E-state index is 5.23. The molecule has 0 saturated carbocycles. The first-order chi connectivity index (χ1) is 51.6. The van der Waals surface area contributed by atoms with Crippen molar-refractivity contribution in [2.75, 3.05) is 0 Å². The molecule has 3 aromatic heterocycles. The molecule has 0 atom stereocenters. The average molecular weight is 1330 g/mol. The molecule has 0 unspecified atom stereocenters. The number of benzene rings is 17. The Morgan fingerprint density at radius 2 is 0.423 bits per heavy atom. The highest BCUT2D eigenvalue weighted by Gasteiger charge is 2.22. The van der Waals surface area contributed by atoms with Gasteiger partial charge in [0.05, 0.1) is 33.6 Å². The zero-order valence-electron chi connectivity index (χ0n) is 56.6. The second kappa shape index (κ2) is 27.6. The van der Waals surface area contributed by atoms with Gasteiger partial charge in [0.25, 0.3) is 0 Å². The third-order valence-corrected chi connectivity index (χ3v) is 19.6. The third kappa shape index (κ3) is 12.0. The summed E-state index contributed by atoms with van der Waals surface area (Å²) in [5, 5.41) is 14.9. The molecule has 0 amide bonds. The Balaban J connectivity index is 0.000000111. The maximum atomic E-state index is 5.23. The van der Waals surface area contributed by atoms with Crippen LogP contribution in [-0.2, 0) is 0 Å². The van der Waals surface area contributed by atoms with Crippen LogP contribution in [0, 0.1) is 0 Å². The molecule has 3 heterocycles. The largest absolute Gasteiger partial charge is 0.227 e. The molecular formula is C98H64N6. The first-order valence-electron chi connectivity index (χ1n) is 35.2. The van der Waals surface area contributed by atoms with Crippen LogP contribution in [-0.4, -0.2) is 29.9 Å². The summed E-state index contributed by atoms with van der Waals surface area (Å²) in [5.41, 5.74) is 19.3. The fraction of sp³-hybridized carbons (Fsp3) is 0. The molecule has 20 rings (SSSR count). The minimum Gasteiger partial charge on any atom is -0.227 e. The SMILES string of the molecule is c1ccc(-c2cc3c(-c4ccccc4)nc(-c4ccc5ccccc5c4)nc3c3ccccc23)cc1.c1ccc(-c2cc3c(-c4ccccc4)nc(-c4cccc5ccccc45)nc3c3ccccc23)cc1.c1ccc(-c2nc(-c3ccccc3)c3cc(-c4ccccc4)c4ccccc4c3n2)cc1. The zero-order valence-corrected chi connectivity index (χ0v) is 56.6. The number of aromatic nitrogens is 6. The van der Waals surface area contributed by atoms with E-state index in [0.717, 1.165) is 122 Å². The van der Waals surface area contributed by atoms with Gasteiger partial charge in [0.15, 0.2) is 17.5 Å². The van der Waals surface area contributed by atoms with Gasteiger partial charge in [-0.1, -0.05) is 364 Å². The minimum absolute atomic E-state index is 0.740. The average Bonchev–Trinajstić information content (AvgIpc) is 0.757. The molecule has 20 aromatic rings. The van der Waals surface area contributed by atoms with Gasteiger partial charge in [0.2, 0.25) is 0 Å². The Kier molecular flexibility index (Phi) is 16.6. The van der Waals surface area contributed by atoms with Gasteiger partial charge in [-0.2, -0.15) is 0 Å². The maximum Gasteiger partial charge on any atom is 0.161 e. The number of rotatable bonds is 9. The summed E-state index contributed by atoms with van der Waals surface area (Å²) >= 11 is 0. The van der Waals surface area contributed by atoms with E-state index in [0.29, 0.717) is 0 Å². The van der Waals surface area contributed by atoms with Crippen molar-refractivity contribution in [3.8, 4) is 101 Å². The summed E-state index contributed by atoms with van der Waals surface area (Å²) < 4.78 is 0. The first kappa shape index (κ1) is 62.3. The van der Waals surface area contributed by atoms with Crippen LogP contribution in [0.15, 0.2) is 388 Å². The topological polar surface area (TPSA) is 77.3 Å². The van der Waals surface area contributed by atoms with Crippen LogP contribution in [0.1, 0.15) is 0 Å². The molecule has 6 nitrogen and oxygen atoms in total. The lowest BCUT2D eigenvalue weighted by molar-refractivity contribution is 1.23. The number of fused-ring (bicyclic) bond motifs is 11. The highest BCUT2D eigenvalue weighted by molar-refractivity contribution is 6.18. The van der Waals surface area contributed by atoms with Gasteiger partial charge < -0.3 is 0 Å². The third-order valence-electron chi connectivity index (χ3n) is 19.6. The molecule has 17 aromatic carbocycles. The standard InChI is InChI=1S/2C34H22N2.C30H20N2/c1-3-12-24(13-4-1)30-22-31-32(25-15-5-2-6-16-25)35-34(36-33(31)28-20-10-9-19-27(28)30)29-21-11-17-23-14-7-8-18-26(23)29;1-3-12-24(13-4-1)30-22-31-32(25-14-5-2-6-15-25)35-34(36-33(31)29-18-10-9-17-28(29)30)27-20-19-23-11-7-8-16-26(23)21-27;1-4-12-21(13-5-1)26-20-27-28(22-14-6-2-7-15-22)31-30(23-16-8-3-9-17-23)32-29(27)25-19-11-10-18-24(25)26/h2*1-22H;1-20H. The molecule has 0 saturated heterocycles. The Morgan fingerprint density at radius 3 is 0.827 bits per heavy atom. The van der Waals surface area contributed by atoms with E-state index in [9.17, 15) is 0 Å². The minimum atomic E-state index is 0.740. The number of hydrogen-bond acceptors (Lipinski definition) is 6. The second-order valence-corrected chi connectivity index (χ2v) is 25.9. The van der Waals surface area contributed by atoms with Gasteiger partial charge in [0, 0.05) is 65.7 Å². The number of nitrogens with zero attached hydrogens (tertiary/aromatic N) is 6. The van der Waals surface area contributed by atoms with Gasteiger partial charge in [-0.3, -0.25) is 0 Å². The van der Waals surface area contributed by atoms with Crippen molar-refractivity contribution in [3.63, 3.8) is 0 Å². The van der Waals surface area contributed by atoms with Crippen molar-refractivity contribution in [2.45, 2.75) is 0 Å². The molecule has 0 bridgehead atoms. The summed E-state index contributed by atoms with van der Waals surface area (Å²) in [5.74, 6) is 2.23. The van der Waals surface area contributed by atoms with Crippen molar-refractivity contribution in [1.29, 1.82) is 0 Å². The lowest BCUT2D eigenvalue weighted by atomic mass is 9.93. The van der Waals surface area contributed by atoms with E-state index >= 15 is 0 Å². The summed E-state index contributed by atoms with van der Waals surface area (Å²) in [6, 6.07) is 135. The Hall–Kier alpha value is -13.9. The highest BCUT2D eigenvalue weighted by Crippen LogP contribution is 2.44. The Bertz CT molecular complexity index is 6550. The van der Waals surface area contributed by atoms with E-state index in [-0.39, 0.29) is 0 Å². The van der Waals surface area contributed by atoms with E-state index in [2.05, 4.69) is 352 Å². The molecule has 0 radical (unpaired) electrons. The van der Waals surface area contributed by atoms with E-state index < -0.39 is 0 Å². The summed E-state index contributed by atoms with van der Waals surface area (Å²) in [6.07, 6.45) is 0. The van der Waals surface area contributed by atoms with Crippen LogP contribution in [0.4, 0.5) is 0 Å². The van der Waals surface area contributed by atoms with Gasteiger partial charge in [-0.25, -0.2) is 29.9 Å². The van der Waals surface area contributed by atoms with Crippen LogP contribution >= 0.6 is 0 Å². The molecule has 0 aliphatic rings. The van der Waals surface area contributed by atoms with Crippen molar-refractivity contribution in [3.05, 3.63) is 388 Å². The molecule has 6 heteroatoms. The van der Waals surface area contributed by atoms with Gasteiger partial charge in [-0.15, -0.1) is 0 Å². The molecule has 104 heavy (non-hydrogen) atoms. The predicted octanol–water partition coefficient (Wildman–Crippen LogP) is 25.7. The van der Waals surface area contributed by atoms with Crippen LogP contribution in [0.3, 0.4) is 0 Å². The lowest BCUT2D eigenvalue weighted by Crippen LogP contribution is -1.97. The summed E-state index contributed by atoms with van der Waals surface area (Å²) in [7, 11) is 0. The van der Waals surface area contributed by atoms with E-state index in [1.54, 1.807) is 0 Å². The molecule has 0 N–H and O–H groups in total.